The van der Waals surface area contributed by atoms with Gasteiger partial charge in [0.1, 0.15) is 0 Å². The number of benzene rings is 1. The van der Waals surface area contributed by atoms with Crippen LogP contribution in [0.25, 0.3) is 0 Å². The molecular weight excluding hydrogens is 261 g/mol. The summed E-state index contributed by atoms with van der Waals surface area (Å²) in [5.41, 5.74) is 2.73. The summed E-state index contributed by atoms with van der Waals surface area (Å²) < 4.78 is 12.2. The van der Waals surface area contributed by atoms with Crippen molar-refractivity contribution in [3.63, 3.8) is 0 Å². The summed E-state index contributed by atoms with van der Waals surface area (Å²) in [6.45, 7) is 10.4. The van der Waals surface area contributed by atoms with Crippen LogP contribution in [0, 0.1) is 11.3 Å². The van der Waals surface area contributed by atoms with Crippen LogP contribution in [-0.4, -0.2) is 18.3 Å². The highest BCUT2D eigenvalue weighted by atomic mass is 16.7. The van der Waals surface area contributed by atoms with Crippen molar-refractivity contribution in [1.29, 1.82) is 5.26 Å². The molecule has 0 atom stereocenters. The van der Waals surface area contributed by atoms with Gasteiger partial charge in [-0.1, -0.05) is 31.5 Å². The molecule has 3 nitrogen and oxygen atoms in total. The number of nitriles is 1. The smallest absolute Gasteiger partial charge is 0.399 e. The largest absolute Gasteiger partial charge is 0.494 e. The van der Waals surface area contributed by atoms with Crippen LogP contribution in [0.1, 0.15) is 52.2 Å². The van der Waals surface area contributed by atoms with E-state index < -0.39 is 0 Å². The lowest BCUT2D eigenvalue weighted by Crippen LogP contribution is -2.41. The Morgan fingerprint density at radius 1 is 1.10 bits per heavy atom. The SMILES string of the molecule is CCCc1cc(B2OC(C)(C)C(C)(C)O2)ccc1CC#N. The predicted octanol–water partition coefficient (Wildman–Crippen LogP) is 3.00. The van der Waals surface area contributed by atoms with Crippen molar-refractivity contribution < 1.29 is 9.31 Å². The topological polar surface area (TPSA) is 42.2 Å². The molecule has 0 aromatic heterocycles. The highest BCUT2D eigenvalue weighted by molar-refractivity contribution is 6.62. The molecule has 1 aromatic rings. The third kappa shape index (κ3) is 3.15. The summed E-state index contributed by atoms with van der Waals surface area (Å²) in [5, 5.41) is 8.93. The molecule has 1 aliphatic heterocycles. The summed E-state index contributed by atoms with van der Waals surface area (Å²) in [5.74, 6) is 0. The van der Waals surface area contributed by atoms with Gasteiger partial charge < -0.3 is 9.31 Å². The normalized spacial score (nSPS) is 19.5. The summed E-state index contributed by atoms with van der Waals surface area (Å²) >= 11 is 0. The van der Waals surface area contributed by atoms with E-state index in [0.717, 1.165) is 23.9 Å². The second-order valence-corrected chi connectivity index (χ2v) is 6.70. The van der Waals surface area contributed by atoms with Gasteiger partial charge in [-0.05, 0) is 50.7 Å². The fourth-order valence-corrected chi connectivity index (χ4v) is 2.53. The lowest BCUT2D eigenvalue weighted by Gasteiger charge is -2.32. The number of aryl methyl sites for hydroxylation is 1. The quantitative estimate of drug-likeness (QED) is 0.799. The van der Waals surface area contributed by atoms with E-state index in [0.29, 0.717) is 6.42 Å². The number of hydrogen-bond acceptors (Lipinski definition) is 3. The van der Waals surface area contributed by atoms with Gasteiger partial charge in [-0.2, -0.15) is 5.26 Å². The molecule has 0 bridgehead atoms. The van der Waals surface area contributed by atoms with Crippen LogP contribution < -0.4 is 5.46 Å². The van der Waals surface area contributed by atoms with Crippen molar-refractivity contribution in [2.24, 2.45) is 0 Å². The summed E-state index contributed by atoms with van der Waals surface area (Å²) in [7, 11) is -0.332. The lowest BCUT2D eigenvalue weighted by atomic mass is 9.77. The van der Waals surface area contributed by atoms with E-state index >= 15 is 0 Å². The summed E-state index contributed by atoms with van der Waals surface area (Å²) in [6, 6.07) is 8.43. The van der Waals surface area contributed by atoms with E-state index in [9.17, 15) is 0 Å². The van der Waals surface area contributed by atoms with Gasteiger partial charge in [0.25, 0.3) is 0 Å². The molecule has 1 aromatic carbocycles. The van der Waals surface area contributed by atoms with Crippen molar-refractivity contribution in [3.05, 3.63) is 29.3 Å². The van der Waals surface area contributed by atoms with Crippen LogP contribution in [0.3, 0.4) is 0 Å². The van der Waals surface area contributed by atoms with Gasteiger partial charge in [-0.3, -0.25) is 0 Å². The Morgan fingerprint density at radius 3 is 2.24 bits per heavy atom. The molecule has 0 saturated carbocycles. The van der Waals surface area contributed by atoms with Crippen LogP contribution in [0.15, 0.2) is 18.2 Å². The molecule has 0 spiro atoms. The first-order valence-electron chi connectivity index (χ1n) is 7.65. The maximum Gasteiger partial charge on any atom is 0.494 e. The maximum absolute atomic E-state index is 8.93. The molecule has 1 heterocycles. The molecule has 1 fully saturated rings. The van der Waals surface area contributed by atoms with Gasteiger partial charge in [0.2, 0.25) is 0 Å². The minimum Gasteiger partial charge on any atom is -0.399 e. The second-order valence-electron chi connectivity index (χ2n) is 6.70. The van der Waals surface area contributed by atoms with Crippen molar-refractivity contribution in [2.45, 2.75) is 65.1 Å². The van der Waals surface area contributed by atoms with Crippen molar-refractivity contribution in [2.75, 3.05) is 0 Å². The Bertz CT molecular complexity index is 544. The first-order chi connectivity index (χ1) is 9.80. The van der Waals surface area contributed by atoms with Crippen molar-refractivity contribution in [1.82, 2.24) is 0 Å². The van der Waals surface area contributed by atoms with Crippen molar-refractivity contribution >= 4 is 12.6 Å². The van der Waals surface area contributed by atoms with Crippen molar-refractivity contribution in [3.8, 4) is 6.07 Å². The van der Waals surface area contributed by atoms with E-state index in [2.05, 4.69) is 46.8 Å². The minimum absolute atomic E-state index is 0.325. The predicted molar refractivity (Wildman–Crippen MR) is 85.5 cm³/mol. The zero-order valence-corrected chi connectivity index (χ0v) is 13.7. The highest BCUT2D eigenvalue weighted by Gasteiger charge is 2.51. The van der Waals surface area contributed by atoms with E-state index in [1.54, 1.807) is 0 Å². The van der Waals surface area contributed by atoms with Gasteiger partial charge in [0, 0.05) is 0 Å². The van der Waals surface area contributed by atoms with E-state index in [4.69, 9.17) is 14.6 Å². The Kier molecular flexibility index (Phi) is 4.46. The van der Waals surface area contributed by atoms with Crippen LogP contribution in [0.2, 0.25) is 0 Å². The number of hydrogen-bond donors (Lipinski definition) is 0. The molecule has 0 N–H and O–H groups in total. The van der Waals surface area contributed by atoms with Gasteiger partial charge in [0.15, 0.2) is 0 Å². The van der Waals surface area contributed by atoms with Gasteiger partial charge >= 0.3 is 7.12 Å². The Labute approximate surface area is 128 Å². The molecule has 0 amide bonds. The zero-order valence-electron chi connectivity index (χ0n) is 13.7. The second kappa shape index (κ2) is 5.83. The van der Waals surface area contributed by atoms with E-state index in [-0.39, 0.29) is 18.3 Å². The van der Waals surface area contributed by atoms with Gasteiger partial charge in [-0.15, -0.1) is 0 Å². The first-order valence-corrected chi connectivity index (χ1v) is 7.65. The summed E-state index contributed by atoms with van der Waals surface area (Å²) in [6.07, 6.45) is 2.49. The molecule has 2 rings (SSSR count). The molecule has 21 heavy (non-hydrogen) atoms. The molecular formula is C17H24BNO2. The standard InChI is InChI=1S/C17H24BNO2/c1-6-7-14-12-15(9-8-13(14)10-11-19)18-20-16(2,3)17(4,5)21-18/h8-9,12H,6-7,10H2,1-5H3. The van der Waals surface area contributed by atoms with Gasteiger partial charge in [0.05, 0.1) is 23.7 Å². The molecule has 112 valence electrons. The highest BCUT2D eigenvalue weighted by Crippen LogP contribution is 2.36. The fourth-order valence-electron chi connectivity index (χ4n) is 2.53. The number of rotatable bonds is 4. The van der Waals surface area contributed by atoms with E-state index in [1.807, 2.05) is 12.1 Å². The monoisotopic (exact) mass is 285 g/mol. The summed E-state index contributed by atoms with van der Waals surface area (Å²) in [4.78, 5) is 0. The molecule has 0 radical (unpaired) electrons. The minimum atomic E-state index is -0.332. The maximum atomic E-state index is 8.93. The first kappa shape index (κ1) is 16.1. The van der Waals surface area contributed by atoms with E-state index in [1.165, 1.54) is 5.56 Å². The molecule has 0 unspecified atom stereocenters. The third-order valence-electron chi connectivity index (χ3n) is 4.54. The fraction of sp³-hybridized carbons (Fsp3) is 0.588. The van der Waals surface area contributed by atoms with Crippen LogP contribution in [0.4, 0.5) is 0 Å². The van der Waals surface area contributed by atoms with Crippen LogP contribution in [0.5, 0.6) is 0 Å². The average Bonchev–Trinajstić information content (AvgIpc) is 2.61. The van der Waals surface area contributed by atoms with Crippen LogP contribution in [-0.2, 0) is 22.2 Å². The Balaban J connectivity index is 2.30. The third-order valence-corrected chi connectivity index (χ3v) is 4.54. The molecule has 1 aliphatic rings. The molecule has 0 aliphatic carbocycles. The van der Waals surface area contributed by atoms with Gasteiger partial charge in [-0.25, -0.2) is 0 Å². The number of nitrogens with zero attached hydrogens (tertiary/aromatic N) is 1. The average molecular weight is 285 g/mol. The molecule has 1 saturated heterocycles. The van der Waals surface area contributed by atoms with Crippen LogP contribution >= 0.6 is 0 Å². The Morgan fingerprint density at radius 2 is 1.71 bits per heavy atom. The zero-order chi connectivity index (χ0) is 15.7. The molecule has 4 heteroatoms. The lowest BCUT2D eigenvalue weighted by molar-refractivity contribution is 0.00578. The Hall–Kier alpha value is -1.31.